The maximum atomic E-state index is 12.3. The lowest BCUT2D eigenvalue weighted by molar-refractivity contribution is 0.0519. The Morgan fingerprint density at radius 3 is 2.95 bits per heavy atom. The molecule has 3 aromatic rings. The van der Waals surface area contributed by atoms with Gasteiger partial charge in [-0.15, -0.1) is 0 Å². The summed E-state index contributed by atoms with van der Waals surface area (Å²) in [4.78, 5) is 20.8. The lowest BCUT2D eigenvalue weighted by Gasteiger charge is -2.05. The summed E-state index contributed by atoms with van der Waals surface area (Å²) in [5.74, 6) is -0.439. The molecule has 21 heavy (non-hydrogen) atoms. The third-order valence-electron chi connectivity index (χ3n) is 3.03. The number of nitrogens with zero attached hydrogens (tertiary/aromatic N) is 3. The molecule has 2 aromatic heterocycles. The van der Waals surface area contributed by atoms with Gasteiger partial charge in [0, 0.05) is 18.0 Å². The minimum absolute atomic E-state index is 0.291. The Hall–Kier alpha value is -2.40. The molecule has 0 spiro atoms. The number of benzene rings is 1. The van der Waals surface area contributed by atoms with Gasteiger partial charge in [-0.1, -0.05) is 29.8 Å². The van der Waals surface area contributed by atoms with E-state index in [1.165, 1.54) is 0 Å². The van der Waals surface area contributed by atoms with Crippen molar-refractivity contribution >= 4 is 23.2 Å². The van der Waals surface area contributed by atoms with Crippen LogP contribution in [0.25, 0.3) is 16.9 Å². The Morgan fingerprint density at radius 1 is 1.38 bits per heavy atom. The van der Waals surface area contributed by atoms with Gasteiger partial charge in [0.1, 0.15) is 5.69 Å². The van der Waals surface area contributed by atoms with Crippen LogP contribution in [0.3, 0.4) is 0 Å². The first-order valence-corrected chi connectivity index (χ1v) is 6.84. The van der Waals surface area contributed by atoms with Crippen LogP contribution in [-0.4, -0.2) is 26.9 Å². The van der Waals surface area contributed by atoms with E-state index in [1.54, 1.807) is 36.0 Å². The van der Waals surface area contributed by atoms with Gasteiger partial charge in [-0.25, -0.2) is 9.78 Å². The minimum Gasteiger partial charge on any atom is -0.461 e. The molecule has 0 aliphatic heterocycles. The second kappa shape index (κ2) is 5.54. The Balaban J connectivity index is 2.29. The largest absolute Gasteiger partial charge is 0.461 e. The summed E-state index contributed by atoms with van der Waals surface area (Å²) in [5, 5.41) is 0.527. The van der Waals surface area contributed by atoms with Crippen molar-refractivity contribution in [1.29, 1.82) is 0 Å². The molecule has 6 heteroatoms. The van der Waals surface area contributed by atoms with Crippen molar-refractivity contribution in [2.75, 3.05) is 6.61 Å². The average molecular weight is 302 g/mol. The molecule has 0 aliphatic carbocycles. The first-order chi connectivity index (χ1) is 10.2. The fraction of sp³-hybridized carbons (Fsp3) is 0.133. The van der Waals surface area contributed by atoms with Gasteiger partial charge in [0.15, 0.2) is 11.3 Å². The Bertz CT molecular complexity index is 814. The quantitative estimate of drug-likeness (QED) is 0.697. The van der Waals surface area contributed by atoms with E-state index >= 15 is 0 Å². The second-order valence-electron chi connectivity index (χ2n) is 4.31. The number of esters is 1. The van der Waals surface area contributed by atoms with Crippen molar-refractivity contribution in [2.45, 2.75) is 6.92 Å². The van der Waals surface area contributed by atoms with E-state index in [1.807, 2.05) is 18.2 Å². The number of aromatic nitrogens is 3. The van der Waals surface area contributed by atoms with Gasteiger partial charge >= 0.3 is 5.97 Å². The maximum Gasteiger partial charge on any atom is 0.357 e. The SMILES string of the molecule is CCOC(=O)c1c(-c2ccccc2Cl)nc2cnccn12. The molecule has 0 unspecified atom stereocenters. The number of carbonyl (C=O) groups excluding carboxylic acids is 1. The zero-order valence-corrected chi connectivity index (χ0v) is 12.0. The molecule has 0 radical (unpaired) electrons. The van der Waals surface area contributed by atoms with Crippen LogP contribution in [0.15, 0.2) is 42.9 Å². The van der Waals surface area contributed by atoms with E-state index in [4.69, 9.17) is 16.3 Å². The Morgan fingerprint density at radius 2 is 2.19 bits per heavy atom. The van der Waals surface area contributed by atoms with Crippen LogP contribution in [0.5, 0.6) is 0 Å². The third kappa shape index (κ3) is 2.36. The van der Waals surface area contributed by atoms with Gasteiger partial charge in [0.2, 0.25) is 0 Å². The molecular weight excluding hydrogens is 290 g/mol. The molecule has 106 valence electrons. The van der Waals surface area contributed by atoms with Gasteiger partial charge < -0.3 is 4.74 Å². The minimum atomic E-state index is -0.439. The predicted molar refractivity (Wildman–Crippen MR) is 79.4 cm³/mol. The highest BCUT2D eigenvalue weighted by atomic mass is 35.5. The summed E-state index contributed by atoms with van der Waals surface area (Å²) < 4.78 is 6.79. The molecule has 0 N–H and O–H groups in total. The van der Waals surface area contributed by atoms with Crippen molar-refractivity contribution in [1.82, 2.24) is 14.4 Å². The van der Waals surface area contributed by atoms with Crippen LogP contribution in [0.1, 0.15) is 17.4 Å². The maximum absolute atomic E-state index is 12.3. The summed E-state index contributed by atoms with van der Waals surface area (Å²) in [6, 6.07) is 7.25. The van der Waals surface area contributed by atoms with Crippen molar-refractivity contribution in [3.63, 3.8) is 0 Å². The van der Waals surface area contributed by atoms with Crippen LogP contribution >= 0.6 is 11.6 Å². The molecule has 0 atom stereocenters. The predicted octanol–water partition coefficient (Wildman–Crippen LogP) is 3.23. The fourth-order valence-corrected chi connectivity index (χ4v) is 2.37. The van der Waals surface area contributed by atoms with E-state index in [2.05, 4.69) is 9.97 Å². The zero-order valence-electron chi connectivity index (χ0n) is 11.3. The molecule has 0 bridgehead atoms. The van der Waals surface area contributed by atoms with Gasteiger partial charge in [0.25, 0.3) is 0 Å². The number of hydrogen-bond acceptors (Lipinski definition) is 4. The van der Waals surface area contributed by atoms with Crippen LogP contribution in [0.4, 0.5) is 0 Å². The van der Waals surface area contributed by atoms with Crippen molar-refractivity contribution < 1.29 is 9.53 Å². The number of fused-ring (bicyclic) bond motifs is 1. The Labute approximate surface area is 126 Å². The number of hydrogen-bond donors (Lipinski definition) is 0. The molecule has 0 fully saturated rings. The number of carbonyl (C=O) groups is 1. The highest BCUT2D eigenvalue weighted by Gasteiger charge is 2.22. The number of halogens is 1. The molecule has 0 amide bonds. The number of imidazole rings is 1. The first kappa shape index (κ1) is 13.6. The average Bonchev–Trinajstić information content (AvgIpc) is 2.87. The van der Waals surface area contributed by atoms with E-state index in [0.29, 0.717) is 34.2 Å². The normalized spacial score (nSPS) is 10.8. The van der Waals surface area contributed by atoms with Crippen molar-refractivity contribution in [3.8, 4) is 11.3 Å². The Kier molecular flexibility index (Phi) is 3.58. The summed E-state index contributed by atoms with van der Waals surface area (Å²) in [5.41, 5.74) is 2.09. The topological polar surface area (TPSA) is 56.5 Å². The highest BCUT2D eigenvalue weighted by Crippen LogP contribution is 2.30. The molecule has 1 aromatic carbocycles. The van der Waals surface area contributed by atoms with Gasteiger partial charge in [-0.3, -0.25) is 9.38 Å². The van der Waals surface area contributed by atoms with Crippen molar-refractivity contribution in [2.24, 2.45) is 0 Å². The summed E-state index contributed by atoms with van der Waals surface area (Å²) in [6.07, 6.45) is 4.85. The molecule has 5 nitrogen and oxygen atoms in total. The summed E-state index contributed by atoms with van der Waals surface area (Å²) >= 11 is 6.22. The zero-order chi connectivity index (χ0) is 14.8. The molecule has 0 saturated heterocycles. The fourth-order valence-electron chi connectivity index (χ4n) is 2.14. The third-order valence-corrected chi connectivity index (χ3v) is 3.36. The van der Waals surface area contributed by atoms with E-state index in [9.17, 15) is 4.79 Å². The molecule has 3 rings (SSSR count). The second-order valence-corrected chi connectivity index (χ2v) is 4.72. The smallest absolute Gasteiger partial charge is 0.357 e. The van der Waals surface area contributed by atoms with Crippen LogP contribution < -0.4 is 0 Å². The van der Waals surface area contributed by atoms with E-state index in [0.717, 1.165) is 0 Å². The lowest BCUT2D eigenvalue weighted by Crippen LogP contribution is -2.09. The molecular formula is C15H12ClN3O2. The highest BCUT2D eigenvalue weighted by molar-refractivity contribution is 6.33. The number of rotatable bonds is 3. The van der Waals surface area contributed by atoms with Crippen LogP contribution in [0, 0.1) is 0 Å². The standard InChI is InChI=1S/C15H12ClN3O2/c1-2-21-15(20)14-13(10-5-3-4-6-11(10)16)18-12-9-17-7-8-19(12)14/h3-9H,2H2,1H3. The van der Waals surface area contributed by atoms with Crippen LogP contribution in [-0.2, 0) is 4.74 Å². The van der Waals surface area contributed by atoms with E-state index < -0.39 is 5.97 Å². The molecule has 2 heterocycles. The van der Waals surface area contributed by atoms with Crippen molar-refractivity contribution in [3.05, 3.63) is 53.6 Å². The van der Waals surface area contributed by atoms with Gasteiger partial charge in [-0.05, 0) is 13.0 Å². The van der Waals surface area contributed by atoms with Crippen LogP contribution in [0.2, 0.25) is 5.02 Å². The lowest BCUT2D eigenvalue weighted by atomic mass is 10.1. The molecule has 0 saturated carbocycles. The van der Waals surface area contributed by atoms with Gasteiger partial charge in [0.05, 0.1) is 17.8 Å². The van der Waals surface area contributed by atoms with Gasteiger partial charge in [-0.2, -0.15) is 0 Å². The summed E-state index contributed by atoms with van der Waals surface area (Å²) in [7, 11) is 0. The monoisotopic (exact) mass is 301 g/mol. The number of ether oxygens (including phenoxy) is 1. The molecule has 0 aliphatic rings. The first-order valence-electron chi connectivity index (χ1n) is 6.46. The van der Waals surface area contributed by atoms with E-state index in [-0.39, 0.29) is 0 Å². The summed E-state index contributed by atoms with van der Waals surface area (Å²) in [6.45, 7) is 2.05.